The molecular weight excluding hydrogens is 368 g/mol. The first-order chi connectivity index (χ1) is 14.2. The summed E-state index contributed by atoms with van der Waals surface area (Å²) in [4.78, 5) is 11.8. The summed E-state index contributed by atoms with van der Waals surface area (Å²) >= 11 is 0. The first-order valence-corrected chi connectivity index (χ1v) is 9.63. The van der Waals surface area contributed by atoms with Crippen LogP contribution < -0.4 is 14.2 Å². The molecule has 2 unspecified atom stereocenters. The average Bonchev–Trinajstić information content (AvgIpc) is 2.77. The monoisotopic (exact) mass is 390 g/mol. The number of aryl methyl sites for hydroxylation is 1. The minimum absolute atomic E-state index is 0.428. The minimum atomic E-state index is -1.15. The van der Waals surface area contributed by atoms with Gasteiger partial charge in [-0.25, -0.2) is 4.79 Å². The highest BCUT2D eigenvalue weighted by Gasteiger charge is 2.39. The zero-order chi connectivity index (χ0) is 20.1. The zero-order valence-electron chi connectivity index (χ0n) is 15.9. The maximum Gasteiger partial charge on any atom is 0.349 e. The molecule has 0 fully saturated rings. The second-order valence-corrected chi connectivity index (χ2v) is 6.84. The Bertz CT molecular complexity index is 970. The molecule has 0 amide bonds. The number of fused-ring (bicyclic) bond motifs is 1. The standard InChI is InChI=1S/C24H22O5/c25-24(26)23-22(28-20-14-6-7-15-21(20)29-23)18-12-4-5-13-19(18)27-16-8-11-17-9-2-1-3-10-17/h1-7,9-10,12-15,22-23H,8,11,16H2,(H,25,26). The van der Waals surface area contributed by atoms with E-state index in [9.17, 15) is 9.90 Å². The molecule has 3 aromatic carbocycles. The molecule has 1 aliphatic rings. The van der Waals surface area contributed by atoms with E-state index in [2.05, 4.69) is 12.1 Å². The maximum atomic E-state index is 11.8. The zero-order valence-corrected chi connectivity index (χ0v) is 15.9. The third kappa shape index (κ3) is 4.35. The summed E-state index contributed by atoms with van der Waals surface area (Å²) in [6, 6.07) is 24.7. The van der Waals surface area contributed by atoms with Gasteiger partial charge in [0.2, 0.25) is 6.10 Å². The van der Waals surface area contributed by atoms with Crippen LogP contribution in [0.3, 0.4) is 0 Å². The second-order valence-electron chi connectivity index (χ2n) is 6.84. The normalized spacial score (nSPS) is 17.5. The van der Waals surface area contributed by atoms with Gasteiger partial charge in [-0.1, -0.05) is 60.7 Å². The van der Waals surface area contributed by atoms with Gasteiger partial charge in [-0.3, -0.25) is 0 Å². The number of rotatable bonds is 7. The number of hydrogen-bond acceptors (Lipinski definition) is 4. The third-order valence-corrected chi connectivity index (χ3v) is 4.81. The number of carboxylic acids is 1. The Labute approximate surface area is 169 Å². The molecule has 148 valence electrons. The average molecular weight is 390 g/mol. The summed E-state index contributed by atoms with van der Waals surface area (Å²) in [5.41, 5.74) is 1.92. The molecule has 5 nitrogen and oxygen atoms in total. The molecular formula is C24H22O5. The Hall–Kier alpha value is -3.47. The molecule has 0 aromatic heterocycles. The number of carbonyl (C=O) groups is 1. The highest BCUT2D eigenvalue weighted by Crippen LogP contribution is 2.41. The van der Waals surface area contributed by atoms with Crippen LogP contribution in [0, 0.1) is 0 Å². The van der Waals surface area contributed by atoms with Crippen LogP contribution in [0.2, 0.25) is 0 Å². The Morgan fingerprint density at radius 3 is 2.28 bits per heavy atom. The van der Waals surface area contributed by atoms with Crippen molar-refractivity contribution in [1.82, 2.24) is 0 Å². The van der Waals surface area contributed by atoms with Crippen molar-refractivity contribution in [3.8, 4) is 17.2 Å². The van der Waals surface area contributed by atoms with Crippen molar-refractivity contribution in [1.29, 1.82) is 0 Å². The highest BCUT2D eigenvalue weighted by atomic mass is 16.6. The van der Waals surface area contributed by atoms with Gasteiger partial charge in [0.15, 0.2) is 17.6 Å². The molecule has 2 atom stereocenters. The molecule has 1 N–H and O–H groups in total. The summed E-state index contributed by atoms with van der Waals surface area (Å²) in [5, 5.41) is 9.68. The molecule has 29 heavy (non-hydrogen) atoms. The van der Waals surface area contributed by atoms with Gasteiger partial charge in [0.25, 0.3) is 0 Å². The number of benzene rings is 3. The van der Waals surface area contributed by atoms with Crippen molar-refractivity contribution < 1.29 is 24.1 Å². The fourth-order valence-corrected chi connectivity index (χ4v) is 3.40. The minimum Gasteiger partial charge on any atom is -0.493 e. The molecule has 3 aromatic rings. The lowest BCUT2D eigenvalue weighted by atomic mass is 10.0. The number of para-hydroxylation sites is 3. The van der Waals surface area contributed by atoms with E-state index >= 15 is 0 Å². The number of aliphatic carboxylic acids is 1. The molecule has 1 aliphatic heterocycles. The summed E-state index contributed by atoms with van der Waals surface area (Å²) < 4.78 is 17.7. The van der Waals surface area contributed by atoms with Crippen LogP contribution in [0.5, 0.6) is 17.2 Å². The fraction of sp³-hybridized carbons (Fsp3) is 0.208. The van der Waals surface area contributed by atoms with Gasteiger partial charge in [-0.05, 0) is 36.6 Å². The molecule has 4 rings (SSSR count). The molecule has 0 spiro atoms. The second kappa shape index (κ2) is 8.69. The third-order valence-electron chi connectivity index (χ3n) is 4.81. The smallest absolute Gasteiger partial charge is 0.349 e. The van der Waals surface area contributed by atoms with Crippen LogP contribution in [-0.4, -0.2) is 23.8 Å². The first-order valence-electron chi connectivity index (χ1n) is 9.63. The molecule has 0 radical (unpaired) electrons. The van der Waals surface area contributed by atoms with Crippen LogP contribution in [0.15, 0.2) is 78.9 Å². The van der Waals surface area contributed by atoms with E-state index in [1.165, 1.54) is 5.56 Å². The van der Waals surface area contributed by atoms with E-state index in [4.69, 9.17) is 14.2 Å². The predicted molar refractivity (Wildman–Crippen MR) is 109 cm³/mol. The molecule has 0 saturated carbocycles. The van der Waals surface area contributed by atoms with Crippen molar-refractivity contribution in [3.05, 3.63) is 90.0 Å². The van der Waals surface area contributed by atoms with Crippen LogP contribution in [0.1, 0.15) is 23.7 Å². The Morgan fingerprint density at radius 2 is 1.52 bits per heavy atom. The highest BCUT2D eigenvalue weighted by molar-refractivity contribution is 5.75. The number of carboxylic acid groups (broad SMARTS) is 1. The molecule has 0 aliphatic carbocycles. The predicted octanol–water partition coefficient (Wildman–Crippen LogP) is 4.66. The van der Waals surface area contributed by atoms with Crippen LogP contribution in [0.25, 0.3) is 0 Å². The van der Waals surface area contributed by atoms with Crippen molar-refractivity contribution in [2.24, 2.45) is 0 Å². The van der Waals surface area contributed by atoms with Gasteiger partial charge in [-0.15, -0.1) is 0 Å². The topological polar surface area (TPSA) is 65.0 Å². The SMILES string of the molecule is O=C(O)C1Oc2ccccc2OC1c1ccccc1OCCCc1ccccc1. The van der Waals surface area contributed by atoms with E-state index in [-0.39, 0.29) is 0 Å². The summed E-state index contributed by atoms with van der Waals surface area (Å²) in [6.45, 7) is 0.522. The summed E-state index contributed by atoms with van der Waals surface area (Å²) in [5.74, 6) is 0.481. The Kier molecular flexibility index (Phi) is 5.66. The lowest BCUT2D eigenvalue weighted by Crippen LogP contribution is -2.39. The van der Waals surface area contributed by atoms with Gasteiger partial charge in [0.1, 0.15) is 5.75 Å². The van der Waals surface area contributed by atoms with Crippen molar-refractivity contribution in [3.63, 3.8) is 0 Å². The molecule has 1 heterocycles. The van der Waals surface area contributed by atoms with E-state index in [1.807, 2.05) is 48.5 Å². The Morgan fingerprint density at radius 1 is 0.862 bits per heavy atom. The van der Waals surface area contributed by atoms with Crippen LogP contribution in [-0.2, 0) is 11.2 Å². The maximum absolute atomic E-state index is 11.8. The van der Waals surface area contributed by atoms with Crippen LogP contribution in [0.4, 0.5) is 0 Å². The van der Waals surface area contributed by atoms with E-state index in [0.29, 0.717) is 29.4 Å². The van der Waals surface area contributed by atoms with Gasteiger partial charge in [-0.2, -0.15) is 0 Å². The van der Waals surface area contributed by atoms with Gasteiger partial charge in [0.05, 0.1) is 6.61 Å². The van der Waals surface area contributed by atoms with Crippen LogP contribution >= 0.6 is 0 Å². The van der Waals surface area contributed by atoms with Gasteiger partial charge in [0, 0.05) is 5.56 Å². The van der Waals surface area contributed by atoms with Gasteiger partial charge < -0.3 is 19.3 Å². The van der Waals surface area contributed by atoms with E-state index in [0.717, 1.165) is 12.8 Å². The van der Waals surface area contributed by atoms with Crippen molar-refractivity contribution >= 4 is 5.97 Å². The largest absolute Gasteiger partial charge is 0.493 e. The van der Waals surface area contributed by atoms with E-state index in [1.54, 1.807) is 18.2 Å². The number of hydrogen-bond donors (Lipinski definition) is 1. The Balaban J connectivity index is 1.50. The quantitative estimate of drug-likeness (QED) is 0.594. The lowest BCUT2D eigenvalue weighted by molar-refractivity contribution is -0.151. The molecule has 0 bridgehead atoms. The lowest BCUT2D eigenvalue weighted by Gasteiger charge is -2.32. The van der Waals surface area contributed by atoms with Gasteiger partial charge >= 0.3 is 5.97 Å². The summed E-state index contributed by atoms with van der Waals surface area (Å²) in [7, 11) is 0. The van der Waals surface area contributed by atoms with E-state index < -0.39 is 18.2 Å². The van der Waals surface area contributed by atoms with Crippen molar-refractivity contribution in [2.45, 2.75) is 25.0 Å². The summed E-state index contributed by atoms with van der Waals surface area (Å²) in [6.07, 6.45) is -0.186. The molecule has 0 saturated heterocycles. The van der Waals surface area contributed by atoms with Crippen molar-refractivity contribution in [2.75, 3.05) is 6.61 Å². The fourth-order valence-electron chi connectivity index (χ4n) is 3.40. The number of ether oxygens (including phenoxy) is 3. The molecule has 5 heteroatoms. The first kappa shape index (κ1) is 18.9.